The summed E-state index contributed by atoms with van der Waals surface area (Å²) in [5, 5.41) is 12.4. The molecule has 0 aliphatic rings. The average molecular weight is 442 g/mol. The van der Waals surface area contributed by atoms with Gasteiger partial charge in [-0.25, -0.2) is 9.37 Å². The molecule has 1 atom stereocenters. The fourth-order valence-corrected chi connectivity index (χ4v) is 3.74. The number of aliphatic hydroxyl groups excluding tert-OH is 1. The number of carbonyl (C=O) groups excluding carboxylic acids is 1. The van der Waals surface area contributed by atoms with Crippen LogP contribution in [-0.2, 0) is 12.8 Å². The Kier molecular flexibility index (Phi) is 6.25. The molecular formula is C19H18F4N4O2S. The zero-order chi connectivity index (χ0) is 22.1. The summed E-state index contributed by atoms with van der Waals surface area (Å²) in [5.41, 5.74) is 5.56. The molecule has 2 heterocycles. The first-order valence-corrected chi connectivity index (χ1v) is 9.58. The van der Waals surface area contributed by atoms with Crippen LogP contribution in [0.2, 0.25) is 0 Å². The summed E-state index contributed by atoms with van der Waals surface area (Å²) in [6.07, 6.45) is -3.27. The molecule has 5 N–H and O–H groups in total. The molecule has 0 unspecified atom stereocenters. The van der Waals surface area contributed by atoms with E-state index >= 15 is 0 Å². The van der Waals surface area contributed by atoms with Crippen molar-refractivity contribution in [2.24, 2.45) is 5.73 Å². The van der Waals surface area contributed by atoms with Gasteiger partial charge < -0.3 is 21.1 Å². The maximum atomic E-state index is 13.9. The Bertz CT molecular complexity index is 1060. The molecule has 3 rings (SSSR count). The van der Waals surface area contributed by atoms with Gasteiger partial charge in [0.25, 0.3) is 5.91 Å². The Balaban J connectivity index is 1.83. The lowest BCUT2D eigenvalue weighted by molar-refractivity contribution is -0.139. The molecule has 160 valence electrons. The molecule has 30 heavy (non-hydrogen) atoms. The second kappa shape index (κ2) is 8.54. The predicted octanol–water partition coefficient (Wildman–Crippen LogP) is 3.53. The third kappa shape index (κ3) is 4.53. The number of aryl methyl sites for hydroxylation is 1. The number of H-pyrrole nitrogens is 1. The van der Waals surface area contributed by atoms with E-state index in [1.165, 1.54) is 17.5 Å². The minimum absolute atomic E-state index is 0.0928. The van der Waals surface area contributed by atoms with Gasteiger partial charge in [0, 0.05) is 28.9 Å². The van der Waals surface area contributed by atoms with Crippen molar-refractivity contribution in [3.8, 4) is 11.3 Å². The second-order valence-electron chi connectivity index (χ2n) is 6.51. The smallest absolute Gasteiger partial charge is 0.389 e. The summed E-state index contributed by atoms with van der Waals surface area (Å²) in [7, 11) is 0. The Labute approximate surface area is 172 Å². The van der Waals surface area contributed by atoms with E-state index in [1.54, 1.807) is 13.0 Å². The van der Waals surface area contributed by atoms with Gasteiger partial charge in [0.15, 0.2) is 0 Å². The molecule has 0 bridgehead atoms. The molecule has 0 saturated carbocycles. The van der Waals surface area contributed by atoms with Crippen LogP contribution in [0.25, 0.3) is 11.3 Å². The lowest BCUT2D eigenvalue weighted by Gasteiger charge is -2.14. The van der Waals surface area contributed by atoms with Crippen LogP contribution in [0.4, 0.5) is 17.6 Å². The van der Waals surface area contributed by atoms with Crippen LogP contribution in [0, 0.1) is 12.7 Å². The van der Waals surface area contributed by atoms with Gasteiger partial charge in [0.05, 0.1) is 18.2 Å². The Morgan fingerprint density at radius 1 is 1.37 bits per heavy atom. The lowest BCUT2D eigenvalue weighted by atomic mass is 10.1. The first kappa shape index (κ1) is 21.9. The molecule has 0 saturated heterocycles. The van der Waals surface area contributed by atoms with Gasteiger partial charge >= 0.3 is 6.18 Å². The molecule has 6 nitrogen and oxygen atoms in total. The normalized spacial score (nSPS) is 12.8. The zero-order valence-corrected chi connectivity index (χ0v) is 16.5. The van der Waals surface area contributed by atoms with Crippen molar-refractivity contribution in [1.82, 2.24) is 15.3 Å². The number of halogens is 4. The minimum atomic E-state index is -4.79. The van der Waals surface area contributed by atoms with Gasteiger partial charge in [-0.3, -0.25) is 4.79 Å². The summed E-state index contributed by atoms with van der Waals surface area (Å²) in [6.45, 7) is 1.51. The van der Waals surface area contributed by atoms with E-state index in [0.29, 0.717) is 27.2 Å². The molecule has 3 aromatic rings. The van der Waals surface area contributed by atoms with E-state index < -0.39 is 29.5 Å². The molecule has 1 amide bonds. The fraction of sp³-hybridized carbons (Fsp3) is 0.263. The molecule has 0 fully saturated rings. The molecule has 0 aliphatic carbocycles. The highest BCUT2D eigenvalue weighted by Gasteiger charge is 2.34. The van der Waals surface area contributed by atoms with Crippen molar-refractivity contribution in [2.45, 2.75) is 25.7 Å². The van der Waals surface area contributed by atoms with Crippen LogP contribution in [0.1, 0.15) is 37.5 Å². The first-order chi connectivity index (χ1) is 14.1. The highest BCUT2D eigenvalue weighted by Crippen LogP contribution is 2.33. The van der Waals surface area contributed by atoms with Crippen LogP contribution in [0.5, 0.6) is 0 Å². The number of nitrogens with one attached hydrogen (secondary N) is 2. The van der Waals surface area contributed by atoms with Crippen LogP contribution in [-0.4, -0.2) is 27.5 Å². The van der Waals surface area contributed by atoms with Gasteiger partial charge in [0.2, 0.25) is 0 Å². The maximum absolute atomic E-state index is 13.9. The molecule has 0 spiro atoms. The largest absolute Gasteiger partial charge is 0.419 e. The Hall–Kier alpha value is -2.76. The van der Waals surface area contributed by atoms with E-state index in [0.717, 1.165) is 12.1 Å². The SMILES string of the molecule is Cc1cc(-c2ccc(C(F)(F)F)c(F)c2)[nH]c1C(=O)N[C@H](CN)c1cnc(CO)s1. The second-order valence-corrected chi connectivity index (χ2v) is 7.66. The van der Waals surface area contributed by atoms with Crippen molar-refractivity contribution in [3.63, 3.8) is 0 Å². The van der Waals surface area contributed by atoms with E-state index in [1.807, 2.05) is 0 Å². The monoisotopic (exact) mass is 442 g/mol. The third-order valence-corrected chi connectivity index (χ3v) is 5.51. The molecule has 0 radical (unpaired) electrons. The molecule has 0 aliphatic heterocycles. The summed E-state index contributed by atoms with van der Waals surface area (Å²) < 4.78 is 52.1. The third-order valence-electron chi connectivity index (χ3n) is 4.42. The number of thiazole rings is 1. The van der Waals surface area contributed by atoms with E-state index in [4.69, 9.17) is 10.8 Å². The highest BCUT2D eigenvalue weighted by atomic mass is 32.1. The first-order valence-electron chi connectivity index (χ1n) is 8.77. The Morgan fingerprint density at radius 2 is 2.10 bits per heavy atom. The summed E-state index contributed by atoms with van der Waals surface area (Å²) in [4.78, 5) is 20.2. The van der Waals surface area contributed by atoms with Gasteiger partial charge in [-0.1, -0.05) is 6.07 Å². The van der Waals surface area contributed by atoms with Gasteiger partial charge in [-0.2, -0.15) is 13.2 Å². The number of nitrogens with two attached hydrogens (primary N) is 1. The molecule has 2 aromatic heterocycles. The number of rotatable bonds is 6. The van der Waals surface area contributed by atoms with E-state index in [-0.39, 0.29) is 24.4 Å². The highest BCUT2D eigenvalue weighted by molar-refractivity contribution is 7.11. The van der Waals surface area contributed by atoms with Crippen molar-refractivity contribution < 1.29 is 27.5 Å². The Morgan fingerprint density at radius 3 is 2.67 bits per heavy atom. The fourth-order valence-electron chi connectivity index (χ4n) is 2.90. The number of carbonyl (C=O) groups is 1. The predicted molar refractivity (Wildman–Crippen MR) is 103 cm³/mol. The van der Waals surface area contributed by atoms with Crippen molar-refractivity contribution in [2.75, 3.05) is 6.54 Å². The van der Waals surface area contributed by atoms with Crippen molar-refractivity contribution in [3.05, 3.63) is 63.0 Å². The van der Waals surface area contributed by atoms with Crippen LogP contribution >= 0.6 is 11.3 Å². The number of nitrogens with zero attached hydrogens (tertiary/aromatic N) is 1. The maximum Gasteiger partial charge on any atom is 0.419 e. The number of hydrogen-bond acceptors (Lipinski definition) is 5. The van der Waals surface area contributed by atoms with Crippen LogP contribution in [0.3, 0.4) is 0 Å². The van der Waals surface area contributed by atoms with Gasteiger partial charge in [0.1, 0.15) is 16.5 Å². The number of aromatic nitrogens is 2. The average Bonchev–Trinajstić information content (AvgIpc) is 3.31. The zero-order valence-electron chi connectivity index (χ0n) is 15.7. The van der Waals surface area contributed by atoms with Gasteiger partial charge in [-0.15, -0.1) is 11.3 Å². The minimum Gasteiger partial charge on any atom is -0.389 e. The van der Waals surface area contributed by atoms with E-state index in [9.17, 15) is 22.4 Å². The number of amides is 1. The van der Waals surface area contributed by atoms with Crippen molar-refractivity contribution in [1.29, 1.82) is 0 Å². The van der Waals surface area contributed by atoms with Crippen LogP contribution in [0.15, 0.2) is 30.5 Å². The number of aromatic amines is 1. The van der Waals surface area contributed by atoms with Crippen LogP contribution < -0.4 is 11.1 Å². The summed E-state index contributed by atoms with van der Waals surface area (Å²) in [5.74, 6) is -1.88. The number of alkyl halides is 3. The van der Waals surface area contributed by atoms with Gasteiger partial charge in [-0.05, 0) is 30.7 Å². The topological polar surface area (TPSA) is 104 Å². The summed E-state index contributed by atoms with van der Waals surface area (Å²) in [6, 6.07) is 3.57. The molecular weight excluding hydrogens is 424 g/mol. The lowest BCUT2D eigenvalue weighted by Crippen LogP contribution is -2.33. The standard InChI is InChI=1S/C19H18F4N4O2S/c1-9-4-13(10-2-3-11(12(20)5-10)19(21,22)23)26-17(9)18(29)27-14(6-24)15-7-25-16(8-28)30-15/h2-5,7,14,26,28H,6,8,24H2,1H3,(H,27,29)/t14-/m1/s1. The van der Waals surface area contributed by atoms with Crippen molar-refractivity contribution >= 4 is 17.2 Å². The van der Waals surface area contributed by atoms with E-state index in [2.05, 4.69) is 15.3 Å². The number of aliphatic hydroxyl groups is 1. The quantitative estimate of drug-likeness (QED) is 0.439. The number of benzene rings is 1. The summed E-state index contributed by atoms with van der Waals surface area (Å²) >= 11 is 1.21. The molecule has 1 aromatic carbocycles. The number of hydrogen-bond donors (Lipinski definition) is 4. The molecule has 11 heteroatoms.